The zero-order valence-electron chi connectivity index (χ0n) is 12.3. The molecule has 0 heterocycles. The molecule has 0 saturated heterocycles. The Kier molecular flexibility index (Phi) is 6.99. The third-order valence-corrected chi connectivity index (χ3v) is 3.15. The lowest BCUT2D eigenvalue weighted by atomic mass is 10.1. The molecule has 0 fully saturated rings. The molecule has 3 nitrogen and oxygen atoms in total. The van der Waals surface area contributed by atoms with E-state index < -0.39 is 0 Å². The van der Waals surface area contributed by atoms with Crippen LogP contribution in [0, 0.1) is 18.3 Å². The van der Waals surface area contributed by atoms with Gasteiger partial charge in [0.15, 0.2) is 0 Å². The van der Waals surface area contributed by atoms with E-state index in [-0.39, 0.29) is 0 Å². The fourth-order valence-electron chi connectivity index (χ4n) is 2.04. The van der Waals surface area contributed by atoms with Gasteiger partial charge in [0.2, 0.25) is 0 Å². The van der Waals surface area contributed by atoms with Gasteiger partial charge in [-0.25, -0.2) is 0 Å². The molecule has 0 amide bonds. The molecule has 104 valence electrons. The van der Waals surface area contributed by atoms with Crippen LogP contribution < -0.4 is 4.74 Å². The van der Waals surface area contributed by atoms with Crippen LogP contribution >= 0.6 is 0 Å². The van der Waals surface area contributed by atoms with Gasteiger partial charge in [-0.15, -0.1) is 0 Å². The highest BCUT2D eigenvalue weighted by atomic mass is 16.5. The lowest BCUT2D eigenvalue weighted by Crippen LogP contribution is -2.22. The van der Waals surface area contributed by atoms with E-state index in [0.29, 0.717) is 13.0 Å². The van der Waals surface area contributed by atoms with Crippen molar-refractivity contribution in [3.63, 3.8) is 0 Å². The summed E-state index contributed by atoms with van der Waals surface area (Å²) in [7, 11) is 2.11. The molecule has 0 saturated carbocycles. The SMILES string of the molecule is CCOc1ccc(CCN(C)CCCC#N)cc1C. The predicted octanol–water partition coefficient (Wildman–Crippen LogP) is 3.17. The molecular weight excluding hydrogens is 236 g/mol. The summed E-state index contributed by atoms with van der Waals surface area (Å²) in [6.45, 7) is 6.82. The zero-order chi connectivity index (χ0) is 14.1. The Labute approximate surface area is 116 Å². The first-order chi connectivity index (χ1) is 9.17. The molecule has 0 aliphatic rings. The standard InChI is InChI=1S/C16H24N2O/c1-4-19-16-8-7-15(13-14(16)2)9-12-18(3)11-6-5-10-17/h7-8,13H,4-6,9,11-12H2,1-3H3. The van der Waals surface area contributed by atoms with Crippen LogP contribution in [-0.4, -0.2) is 31.6 Å². The van der Waals surface area contributed by atoms with Crippen molar-refractivity contribution in [3.05, 3.63) is 29.3 Å². The number of ether oxygens (including phenoxy) is 1. The van der Waals surface area contributed by atoms with Crippen LogP contribution in [0.15, 0.2) is 18.2 Å². The van der Waals surface area contributed by atoms with Crippen molar-refractivity contribution in [2.24, 2.45) is 0 Å². The number of nitriles is 1. The summed E-state index contributed by atoms with van der Waals surface area (Å²) < 4.78 is 5.54. The summed E-state index contributed by atoms with van der Waals surface area (Å²) in [6, 6.07) is 8.58. The summed E-state index contributed by atoms with van der Waals surface area (Å²) in [6.07, 6.45) is 2.64. The molecule has 0 aliphatic carbocycles. The first-order valence-electron chi connectivity index (χ1n) is 6.95. The zero-order valence-corrected chi connectivity index (χ0v) is 12.3. The van der Waals surface area contributed by atoms with Gasteiger partial charge in [-0.3, -0.25) is 0 Å². The van der Waals surface area contributed by atoms with Crippen LogP contribution in [0.25, 0.3) is 0 Å². The van der Waals surface area contributed by atoms with E-state index >= 15 is 0 Å². The van der Waals surface area contributed by atoms with E-state index in [1.807, 2.05) is 6.92 Å². The fraction of sp³-hybridized carbons (Fsp3) is 0.562. The number of rotatable bonds is 8. The van der Waals surface area contributed by atoms with Crippen molar-refractivity contribution in [1.29, 1.82) is 5.26 Å². The van der Waals surface area contributed by atoms with E-state index in [1.165, 1.54) is 11.1 Å². The number of aryl methyl sites for hydroxylation is 1. The van der Waals surface area contributed by atoms with Gasteiger partial charge in [-0.05, 0) is 57.5 Å². The van der Waals surface area contributed by atoms with Crippen molar-refractivity contribution in [3.8, 4) is 11.8 Å². The van der Waals surface area contributed by atoms with E-state index in [1.54, 1.807) is 0 Å². The molecule has 0 bridgehead atoms. The van der Waals surface area contributed by atoms with Gasteiger partial charge >= 0.3 is 0 Å². The monoisotopic (exact) mass is 260 g/mol. The Bertz CT molecular complexity index is 423. The van der Waals surface area contributed by atoms with E-state index in [0.717, 1.165) is 31.7 Å². The van der Waals surface area contributed by atoms with Crippen LogP contribution in [0.3, 0.4) is 0 Å². The normalized spacial score (nSPS) is 10.5. The van der Waals surface area contributed by atoms with Gasteiger partial charge in [0.1, 0.15) is 5.75 Å². The third-order valence-electron chi connectivity index (χ3n) is 3.15. The van der Waals surface area contributed by atoms with Crippen LogP contribution in [0.2, 0.25) is 0 Å². The Balaban J connectivity index is 2.41. The second kappa shape index (κ2) is 8.55. The summed E-state index contributed by atoms with van der Waals surface area (Å²) >= 11 is 0. The molecule has 0 atom stereocenters. The quantitative estimate of drug-likeness (QED) is 0.674. The smallest absolute Gasteiger partial charge is 0.122 e. The molecule has 19 heavy (non-hydrogen) atoms. The van der Waals surface area contributed by atoms with Crippen molar-refractivity contribution >= 4 is 0 Å². The molecule has 1 aromatic rings. The molecule has 0 aliphatic heterocycles. The number of hydrogen-bond donors (Lipinski definition) is 0. The van der Waals surface area contributed by atoms with Gasteiger partial charge in [0.05, 0.1) is 12.7 Å². The molecular formula is C16H24N2O. The fourth-order valence-corrected chi connectivity index (χ4v) is 2.04. The largest absolute Gasteiger partial charge is 0.494 e. The Morgan fingerprint density at radius 1 is 1.32 bits per heavy atom. The highest BCUT2D eigenvalue weighted by molar-refractivity contribution is 5.36. The summed E-state index contributed by atoms with van der Waals surface area (Å²) in [5.74, 6) is 0.980. The van der Waals surface area contributed by atoms with Crippen LogP contribution in [0.1, 0.15) is 30.9 Å². The molecule has 0 aromatic heterocycles. The topological polar surface area (TPSA) is 36.3 Å². The van der Waals surface area contributed by atoms with Crippen molar-refractivity contribution in [1.82, 2.24) is 4.90 Å². The Hall–Kier alpha value is -1.53. The van der Waals surface area contributed by atoms with E-state index in [2.05, 4.69) is 43.1 Å². The summed E-state index contributed by atoms with van der Waals surface area (Å²) in [5.41, 5.74) is 2.54. The summed E-state index contributed by atoms with van der Waals surface area (Å²) in [5, 5.41) is 8.51. The molecule has 0 unspecified atom stereocenters. The predicted molar refractivity (Wildman–Crippen MR) is 78.4 cm³/mol. The van der Waals surface area contributed by atoms with Crippen LogP contribution in [0.4, 0.5) is 0 Å². The lowest BCUT2D eigenvalue weighted by Gasteiger charge is -2.16. The maximum absolute atomic E-state index is 8.51. The molecule has 1 rings (SSSR count). The molecule has 0 N–H and O–H groups in total. The van der Waals surface area contributed by atoms with Gasteiger partial charge in [-0.2, -0.15) is 5.26 Å². The first-order valence-corrected chi connectivity index (χ1v) is 6.95. The van der Waals surface area contributed by atoms with Crippen molar-refractivity contribution in [2.45, 2.75) is 33.1 Å². The van der Waals surface area contributed by atoms with E-state index in [4.69, 9.17) is 10.00 Å². The average molecular weight is 260 g/mol. The molecule has 1 aromatic carbocycles. The van der Waals surface area contributed by atoms with Gasteiger partial charge in [0, 0.05) is 13.0 Å². The second-order valence-corrected chi connectivity index (χ2v) is 4.85. The number of nitrogens with zero attached hydrogens (tertiary/aromatic N) is 2. The molecule has 3 heteroatoms. The highest BCUT2D eigenvalue weighted by Crippen LogP contribution is 2.19. The number of likely N-dealkylation sites (N-methyl/N-ethyl adjacent to an activating group) is 1. The number of hydrogen-bond acceptors (Lipinski definition) is 3. The average Bonchev–Trinajstić information content (AvgIpc) is 2.40. The lowest BCUT2D eigenvalue weighted by molar-refractivity contribution is 0.333. The van der Waals surface area contributed by atoms with Gasteiger partial charge in [-0.1, -0.05) is 12.1 Å². The van der Waals surface area contributed by atoms with Gasteiger partial charge in [0.25, 0.3) is 0 Å². The Morgan fingerprint density at radius 3 is 2.74 bits per heavy atom. The van der Waals surface area contributed by atoms with Gasteiger partial charge < -0.3 is 9.64 Å². The highest BCUT2D eigenvalue weighted by Gasteiger charge is 2.03. The molecule has 0 radical (unpaired) electrons. The van der Waals surface area contributed by atoms with E-state index in [9.17, 15) is 0 Å². The maximum atomic E-state index is 8.51. The minimum absolute atomic E-state index is 0.645. The minimum Gasteiger partial charge on any atom is -0.494 e. The maximum Gasteiger partial charge on any atom is 0.122 e. The number of unbranched alkanes of at least 4 members (excludes halogenated alkanes) is 1. The number of benzene rings is 1. The van der Waals surface area contributed by atoms with Crippen LogP contribution in [-0.2, 0) is 6.42 Å². The van der Waals surface area contributed by atoms with Crippen molar-refractivity contribution in [2.75, 3.05) is 26.7 Å². The molecule has 0 spiro atoms. The summed E-state index contributed by atoms with van der Waals surface area (Å²) in [4.78, 5) is 2.28. The Morgan fingerprint density at radius 2 is 2.11 bits per heavy atom. The van der Waals surface area contributed by atoms with Crippen LogP contribution in [0.5, 0.6) is 5.75 Å². The third kappa shape index (κ3) is 5.76. The minimum atomic E-state index is 0.645. The van der Waals surface area contributed by atoms with Crippen molar-refractivity contribution < 1.29 is 4.74 Å². The first kappa shape index (κ1) is 15.5. The second-order valence-electron chi connectivity index (χ2n) is 4.85.